The smallest absolute Gasteiger partial charge is 0.267 e. The van der Waals surface area contributed by atoms with Crippen LogP contribution >= 0.6 is 11.3 Å². The molecular weight excluding hydrogens is 462 g/mol. The van der Waals surface area contributed by atoms with Crippen LogP contribution in [0.3, 0.4) is 0 Å². The number of ether oxygens (including phenoxy) is 2. The van der Waals surface area contributed by atoms with Crippen LogP contribution in [0.5, 0.6) is 5.75 Å². The van der Waals surface area contributed by atoms with Gasteiger partial charge in [-0.1, -0.05) is 30.3 Å². The molecule has 1 amide bonds. The van der Waals surface area contributed by atoms with Crippen molar-refractivity contribution in [1.82, 2.24) is 9.29 Å². The summed E-state index contributed by atoms with van der Waals surface area (Å²) in [6, 6.07) is 14.3. The van der Waals surface area contributed by atoms with Gasteiger partial charge in [-0.15, -0.1) is 11.3 Å². The topological polar surface area (TPSA) is 97.8 Å². The van der Waals surface area contributed by atoms with E-state index < -0.39 is 10.0 Å². The number of thiazole rings is 1. The SMILES string of the molecule is CCOc1ccc(NC(=O)c2sc(-c3ccccc3)nc2C)cc1S(=O)(=O)N1CCOCC1. The second kappa shape index (κ2) is 10.0. The Balaban J connectivity index is 1.62. The van der Waals surface area contributed by atoms with E-state index in [2.05, 4.69) is 10.3 Å². The number of carbonyl (C=O) groups excluding carboxylic acids is 1. The zero-order valence-corrected chi connectivity index (χ0v) is 20.0. The number of hydrogen-bond donors (Lipinski definition) is 1. The van der Waals surface area contributed by atoms with E-state index in [4.69, 9.17) is 9.47 Å². The summed E-state index contributed by atoms with van der Waals surface area (Å²) in [6.45, 7) is 5.11. The molecule has 33 heavy (non-hydrogen) atoms. The van der Waals surface area contributed by atoms with Gasteiger partial charge in [-0.05, 0) is 32.0 Å². The van der Waals surface area contributed by atoms with Gasteiger partial charge in [0.2, 0.25) is 10.0 Å². The Hall–Kier alpha value is -2.79. The summed E-state index contributed by atoms with van der Waals surface area (Å²) in [7, 11) is -3.81. The number of hydrogen-bond acceptors (Lipinski definition) is 7. The average Bonchev–Trinajstić information content (AvgIpc) is 3.23. The molecule has 4 rings (SSSR count). The molecule has 2 aromatic carbocycles. The molecule has 1 N–H and O–H groups in total. The standard InChI is InChI=1S/C23H25N3O5S2/c1-3-31-19-10-9-18(15-20(19)33(28,29)26-11-13-30-14-12-26)25-22(27)21-16(2)24-23(32-21)17-7-5-4-6-8-17/h4-10,15H,3,11-14H2,1-2H3,(H,25,27). The molecule has 174 valence electrons. The van der Waals surface area contributed by atoms with Crippen molar-refractivity contribution in [2.75, 3.05) is 38.2 Å². The number of aromatic nitrogens is 1. The number of rotatable bonds is 7. The normalized spacial score (nSPS) is 14.7. The van der Waals surface area contributed by atoms with E-state index in [9.17, 15) is 13.2 Å². The maximum Gasteiger partial charge on any atom is 0.267 e. The number of nitrogens with one attached hydrogen (secondary N) is 1. The van der Waals surface area contributed by atoms with Gasteiger partial charge in [0.1, 0.15) is 20.5 Å². The van der Waals surface area contributed by atoms with E-state index in [1.807, 2.05) is 30.3 Å². The molecule has 2 heterocycles. The number of aryl methyl sites for hydroxylation is 1. The highest BCUT2D eigenvalue weighted by molar-refractivity contribution is 7.89. The highest BCUT2D eigenvalue weighted by atomic mass is 32.2. The van der Waals surface area contributed by atoms with Gasteiger partial charge in [0.05, 0.1) is 25.5 Å². The van der Waals surface area contributed by atoms with Crippen LogP contribution in [0, 0.1) is 6.92 Å². The summed E-state index contributed by atoms with van der Waals surface area (Å²) in [6.07, 6.45) is 0. The fourth-order valence-electron chi connectivity index (χ4n) is 3.49. The lowest BCUT2D eigenvalue weighted by Gasteiger charge is -2.27. The maximum atomic E-state index is 13.3. The van der Waals surface area contributed by atoms with Crippen LogP contribution in [0.2, 0.25) is 0 Å². The predicted octanol–water partition coefficient (Wildman–Crippen LogP) is 3.79. The lowest BCUT2D eigenvalue weighted by atomic mass is 10.2. The Labute approximate surface area is 197 Å². The van der Waals surface area contributed by atoms with Gasteiger partial charge < -0.3 is 14.8 Å². The second-order valence-electron chi connectivity index (χ2n) is 7.36. The van der Waals surface area contributed by atoms with Crippen molar-refractivity contribution in [2.45, 2.75) is 18.7 Å². The third-order valence-corrected chi connectivity index (χ3v) is 8.24. The van der Waals surface area contributed by atoms with E-state index >= 15 is 0 Å². The molecule has 0 saturated carbocycles. The van der Waals surface area contributed by atoms with Gasteiger partial charge in [0.25, 0.3) is 5.91 Å². The molecule has 1 fully saturated rings. The number of morpholine rings is 1. The number of carbonyl (C=O) groups is 1. The Bertz CT molecular complexity index is 1240. The quantitative estimate of drug-likeness (QED) is 0.545. The van der Waals surface area contributed by atoms with Crippen LogP contribution < -0.4 is 10.1 Å². The molecule has 0 unspecified atom stereocenters. The maximum absolute atomic E-state index is 13.3. The first-order valence-corrected chi connectivity index (χ1v) is 12.8. The van der Waals surface area contributed by atoms with Gasteiger partial charge in [0.15, 0.2) is 0 Å². The first-order chi connectivity index (χ1) is 15.9. The van der Waals surface area contributed by atoms with Crippen molar-refractivity contribution in [3.05, 3.63) is 59.1 Å². The molecule has 8 nitrogen and oxygen atoms in total. The highest BCUT2D eigenvalue weighted by Crippen LogP contribution is 2.32. The van der Waals surface area contributed by atoms with E-state index in [0.717, 1.165) is 10.6 Å². The van der Waals surface area contributed by atoms with Crippen LogP contribution in [-0.2, 0) is 14.8 Å². The number of anilines is 1. The molecule has 3 aromatic rings. The molecule has 0 bridgehead atoms. The van der Waals surface area contributed by atoms with Gasteiger partial charge in [-0.25, -0.2) is 13.4 Å². The van der Waals surface area contributed by atoms with Crippen molar-refractivity contribution in [3.63, 3.8) is 0 Å². The zero-order valence-electron chi connectivity index (χ0n) is 18.4. The van der Waals surface area contributed by atoms with Gasteiger partial charge in [-0.2, -0.15) is 4.31 Å². The lowest BCUT2D eigenvalue weighted by Crippen LogP contribution is -2.40. The Morgan fingerprint density at radius 1 is 1.18 bits per heavy atom. The van der Waals surface area contributed by atoms with Crippen molar-refractivity contribution in [1.29, 1.82) is 0 Å². The number of nitrogens with zero attached hydrogens (tertiary/aromatic N) is 2. The molecular formula is C23H25N3O5S2. The second-order valence-corrected chi connectivity index (χ2v) is 10.3. The minimum absolute atomic E-state index is 0.0232. The largest absolute Gasteiger partial charge is 0.492 e. The third-order valence-electron chi connectivity index (χ3n) is 5.11. The fraction of sp³-hybridized carbons (Fsp3) is 0.304. The fourth-order valence-corrected chi connectivity index (χ4v) is 6.02. The van der Waals surface area contributed by atoms with Crippen LogP contribution in [0.1, 0.15) is 22.3 Å². The molecule has 0 aliphatic carbocycles. The molecule has 0 atom stereocenters. The summed E-state index contributed by atoms with van der Waals surface area (Å²) in [4.78, 5) is 18.0. The van der Waals surface area contributed by atoms with Crippen LogP contribution in [0.25, 0.3) is 10.6 Å². The van der Waals surface area contributed by atoms with E-state index in [1.54, 1.807) is 26.0 Å². The summed E-state index contributed by atoms with van der Waals surface area (Å²) in [5, 5.41) is 3.57. The molecule has 10 heteroatoms. The van der Waals surface area contributed by atoms with E-state index in [0.29, 0.717) is 36.1 Å². The monoisotopic (exact) mass is 487 g/mol. The molecule has 0 radical (unpaired) electrons. The Morgan fingerprint density at radius 3 is 2.61 bits per heavy atom. The molecule has 1 aromatic heterocycles. The summed E-state index contributed by atoms with van der Waals surface area (Å²) in [5.74, 6) is -0.0895. The molecule has 1 aliphatic rings. The van der Waals surface area contributed by atoms with Crippen molar-refractivity contribution < 1.29 is 22.7 Å². The minimum Gasteiger partial charge on any atom is -0.492 e. The van der Waals surface area contributed by atoms with Gasteiger partial charge >= 0.3 is 0 Å². The molecule has 0 spiro atoms. The molecule has 1 aliphatic heterocycles. The van der Waals surface area contributed by atoms with Crippen molar-refractivity contribution in [2.24, 2.45) is 0 Å². The third kappa shape index (κ3) is 5.09. The Kier molecular flexibility index (Phi) is 7.08. The lowest BCUT2D eigenvalue weighted by molar-refractivity contribution is 0.0729. The minimum atomic E-state index is -3.81. The first-order valence-electron chi connectivity index (χ1n) is 10.6. The van der Waals surface area contributed by atoms with Crippen molar-refractivity contribution >= 4 is 33.0 Å². The number of amides is 1. The molecule has 1 saturated heterocycles. The first kappa shape index (κ1) is 23.4. The highest BCUT2D eigenvalue weighted by Gasteiger charge is 2.30. The Morgan fingerprint density at radius 2 is 1.91 bits per heavy atom. The predicted molar refractivity (Wildman–Crippen MR) is 127 cm³/mol. The van der Waals surface area contributed by atoms with Crippen LogP contribution in [0.15, 0.2) is 53.4 Å². The van der Waals surface area contributed by atoms with Gasteiger partial charge in [-0.3, -0.25) is 4.79 Å². The summed E-state index contributed by atoms with van der Waals surface area (Å²) >= 11 is 1.30. The van der Waals surface area contributed by atoms with Crippen LogP contribution in [0.4, 0.5) is 5.69 Å². The van der Waals surface area contributed by atoms with E-state index in [1.165, 1.54) is 21.7 Å². The number of benzene rings is 2. The van der Waals surface area contributed by atoms with Crippen molar-refractivity contribution in [3.8, 4) is 16.3 Å². The zero-order chi connectivity index (χ0) is 23.4. The van der Waals surface area contributed by atoms with E-state index in [-0.39, 0.29) is 29.6 Å². The summed E-state index contributed by atoms with van der Waals surface area (Å²) < 4.78 is 38.8. The van der Waals surface area contributed by atoms with Crippen LogP contribution in [-0.4, -0.2) is 56.5 Å². The number of sulfonamides is 1. The average molecular weight is 488 g/mol. The summed E-state index contributed by atoms with van der Waals surface area (Å²) in [5.41, 5.74) is 1.91. The van der Waals surface area contributed by atoms with Gasteiger partial charge in [0, 0.05) is 24.3 Å².